The number of amides is 3. The summed E-state index contributed by atoms with van der Waals surface area (Å²) in [4.78, 5) is 34.7. The number of carbonyl (C=O) groups excluding carboxylic acids is 3. The number of rotatable bonds is 7. The smallest absolute Gasteiger partial charge is 0.408 e. The molecule has 0 spiro atoms. The molecule has 8 heteroatoms. The van der Waals surface area contributed by atoms with Crippen molar-refractivity contribution in [1.29, 1.82) is 0 Å². The van der Waals surface area contributed by atoms with Crippen molar-refractivity contribution >= 4 is 17.9 Å². The summed E-state index contributed by atoms with van der Waals surface area (Å²) in [6.07, 6.45) is 2.08. The van der Waals surface area contributed by atoms with Gasteiger partial charge in [0.05, 0.1) is 0 Å². The summed E-state index contributed by atoms with van der Waals surface area (Å²) in [5, 5.41) is 2.38. The van der Waals surface area contributed by atoms with Crippen molar-refractivity contribution in [2.45, 2.75) is 65.0 Å². The molecule has 0 unspecified atom stereocenters. The molecule has 0 heterocycles. The Morgan fingerprint density at radius 3 is 2.27 bits per heavy atom. The highest BCUT2D eigenvalue weighted by atomic mass is 16.6. The second kappa shape index (κ2) is 9.99. The van der Waals surface area contributed by atoms with E-state index in [-0.39, 0.29) is 5.91 Å². The van der Waals surface area contributed by atoms with Gasteiger partial charge in [-0.3, -0.25) is 20.4 Å². The van der Waals surface area contributed by atoms with Gasteiger partial charge < -0.3 is 15.8 Å². The number of hydrogen-bond donors (Lipinski definition) is 4. The van der Waals surface area contributed by atoms with Crippen LogP contribution in [0.3, 0.4) is 0 Å². The van der Waals surface area contributed by atoms with E-state index in [1.165, 1.54) is 6.92 Å². The topological polar surface area (TPSA) is 123 Å². The summed E-state index contributed by atoms with van der Waals surface area (Å²) in [5.41, 5.74) is 9.27. The molecule has 0 aromatic heterocycles. The molecule has 0 radical (unpaired) electrons. The first kappa shape index (κ1) is 20.2. The average Bonchev–Trinajstić information content (AvgIpc) is 2.38. The fraction of sp³-hybridized carbons (Fsp3) is 0.786. The molecule has 3 amide bonds. The van der Waals surface area contributed by atoms with E-state index < -0.39 is 23.6 Å². The number of carbonyl (C=O) groups is 3. The summed E-state index contributed by atoms with van der Waals surface area (Å²) in [5.74, 6) is -0.809. The number of alkyl carbamates (subject to hydrolysis) is 1. The molecular weight excluding hydrogens is 288 g/mol. The maximum Gasteiger partial charge on any atom is 0.408 e. The molecular formula is C14H28N4O4. The lowest BCUT2D eigenvalue weighted by Gasteiger charge is -2.21. The number of nitrogens with two attached hydrogens (primary N) is 1. The number of unbranched alkanes of at least 4 members (excludes halogenated alkanes) is 2. The zero-order valence-corrected chi connectivity index (χ0v) is 13.8. The van der Waals surface area contributed by atoms with Gasteiger partial charge in [-0.25, -0.2) is 4.79 Å². The van der Waals surface area contributed by atoms with Gasteiger partial charge >= 0.3 is 6.09 Å². The molecule has 128 valence electrons. The maximum absolute atomic E-state index is 11.7. The predicted molar refractivity (Wildman–Crippen MR) is 82.6 cm³/mol. The van der Waals surface area contributed by atoms with Gasteiger partial charge in [0.1, 0.15) is 11.6 Å². The van der Waals surface area contributed by atoms with Crippen molar-refractivity contribution in [1.82, 2.24) is 16.2 Å². The third-order valence-corrected chi connectivity index (χ3v) is 2.56. The number of hydrogen-bond acceptors (Lipinski definition) is 5. The first-order valence-electron chi connectivity index (χ1n) is 7.44. The van der Waals surface area contributed by atoms with E-state index >= 15 is 0 Å². The molecule has 1 atom stereocenters. The average molecular weight is 316 g/mol. The first-order valence-corrected chi connectivity index (χ1v) is 7.44. The predicted octanol–water partition coefficient (Wildman–Crippen LogP) is 0.566. The van der Waals surface area contributed by atoms with Gasteiger partial charge in [-0.15, -0.1) is 0 Å². The molecule has 0 bridgehead atoms. The molecule has 0 aliphatic rings. The van der Waals surface area contributed by atoms with Crippen molar-refractivity contribution in [3.05, 3.63) is 0 Å². The van der Waals surface area contributed by atoms with Gasteiger partial charge in [-0.05, 0) is 47.1 Å². The molecule has 0 aliphatic carbocycles. The van der Waals surface area contributed by atoms with Crippen LogP contribution in [-0.4, -0.2) is 36.1 Å². The van der Waals surface area contributed by atoms with Gasteiger partial charge in [0, 0.05) is 6.42 Å². The Morgan fingerprint density at radius 1 is 1.09 bits per heavy atom. The van der Waals surface area contributed by atoms with E-state index in [4.69, 9.17) is 10.5 Å². The van der Waals surface area contributed by atoms with E-state index in [0.29, 0.717) is 19.4 Å². The minimum absolute atomic E-state index is 0.283. The molecule has 0 fully saturated rings. The number of ether oxygens (including phenoxy) is 1. The monoisotopic (exact) mass is 316 g/mol. The van der Waals surface area contributed by atoms with E-state index in [1.54, 1.807) is 20.8 Å². The molecule has 22 heavy (non-hydrogen) atoms. The van der Waals surface area contributed by atoms with Crippen LogP contribution in [0.25, 0.3) is 0 Å². The summed E-state index contributed by atoms with van der Waals surface area (Å²) in [6.45, 7) is 7.27. The second-order valence-electron chi connectivity index (χ2n) is 6.00. The normalized spacial score (nSPS) is 12.2. The highest BCUT2D eigenvalue weighted by Crippen LogP contribution is 2.06. The highest BCUT2D eigenvalue weighted by molar-refractivity contribution is 5.87. The lowest BCUT2D eigenvalue weighted by Crippen LogP contribution is -2.51. The summed E-state index contributed by atoms with van der Waals surface area (Å²) in [6, 6.07) is -0.826. The van der Waals surface area contributed by atoms with Crippen LogP contribution in [0.1, 0.15) is 53.4 Å². The Morgan fingerprint density at radius 2 is 1.73 bits per heavy atom. The minimum Gasteiger partial charge on any atom is -0.444 e. The lowest BCUT2D eigenvalue weighted by molar-refractivity contribution is -0.129. The molecule has 0 saturated heterocycles. The van der Waals surface area contributed by atoms with E-state index in [2.05, 4.69) is 16.2 Å². The molecule has 0 saturated carbocycles. The molecule has 5 N–H and O–H groups in total. The van der Waals surface area contributed by atoms with Crippen LogP contribution >= 0.6 is 0 Å². The molecule has 0 rings (SSSR count). The maximum atomic E-state index is 11.7. The summed E-state index contributed by atoms with van der Waals surface area (Å²) < 4.78 is 5.03. The highest BCUT2D eigenvalue weighted by Gasteiger charge is 2.21. The van der Waals surface area contributed by atoms with Crippen molar-refractivity contribution in [3.63, 3.8) is 0 Å². The number of hydrazine groups is 1. The summed E-state index contributed by atoms with van der Waals surface area (Å²) >= 11 is 0. The Hall–Kier alpha value is -1.83. The third kappa shape index (κ3) is 10.9. The van der Waals surface area contributed by atoms with Crippen LogP contribution in [-0.2, 0) is 14.3 Å². The van der Waals surface area contributed by atoms with Crippen molar-refractivity contribution in [3.8, 4) is 0 Å². The Bertz CT molecular complexity index is 380. The van der Waals surface area contributed by atoms with Gasteiger partial charge in [0.25, 0.3) is 5.91 Å². The number of nitrogens with one attached hydrogen (secondary N) is 3. The van der Waals surface area contributed by atoms with Crippen LogP contribution in [0.2, 0.25) is 0 Å². The van der Waals surface area contributed by atoms with E-state index in [9.17, 15) is 14.4 Å². The largest absolute Gasteiger partial charge is 0.444 e. The molecule has 0 aromatic rings. The van der Waals surface area contributed by atoms with Crippen LogP contribution < -0.4 is 21.9 Å². The van der Waals surface area contributed by atoms with Crippen LogP contribution in [0, 0.1) is 0 Å². The zero-order valence-electron chi connectivity index (χ0n) is 13.8. The van der Waals surface area contributed by atoms with Crippen LogP contribution in [0.5, 0.6) is 0 Å². The third-order valence-electron chi connectivity index (χ3n) is 2.56. The Kier molecular flexibility index (Phi) is 9.16. The second-order valence-corrected chi connectivity index (χ2v) is 6.00. The van der Waals surface area contributed by atoms with Crippen molar-refractivity contribution in [2.24, 2.45) is 5.73 Å². The van der Waals surface area contributed by atoms with E-state index in [1.807, 2.05) is 0 Å². The molecule has 0 aromatic carbocycles. The van der Waals surface area contributed by atoms with Crippen molar-refractivity contribution < 1.29 is 19.1 Å². The van der Waals surface area contributed by atoms with Gasteiger partial charge in [-0.1, -0.05) is 6.42 Å². The standard InChI is InChI=1S/C14H28N4O4/c1-10(16-13(21)22-14(2,3)4)12(20)18-17-11(19)8-6-5-7-9-15/h10H,5-9,15H2,1-4H3,(H,16,21)(H,17,19)(H,18,20)/t10-/m1/s1. The molecule has 0 aliphatic heterocycles. The van der Waals surface area contributed by atoms with Gasteiger partial charge in [0.15, 0.2) is 0 Å². The fourth-order valence-corrected chi connectivity index (χ4v) is 1.46. The van der Waals surface area contributed by atoms with Gasteiger partial charge in [0.2, 0.25) is 5.91 Å². The summed E-state index contributed by atoms with van der Waals surface area (Å²) in [7, 11) is 0. The quantitative estimate of drug-likeness (QED) is 0.404. The SMILES string of the molecule is C[C@@H](NC(=O)OC(C)(C)C)C(=O)NNC(=O)CCCCCN. The van der Waals surface area contributed by atoms with Crippen LogP contribution in [0.15, 0.2) is 0 Å². The van der Waals surface area contributed by atoms with Gasteiger partial charge in [-0.2, -0.15) is 0 Å². The Balaban J connectivity index is 3.95. The van der Waals surface area contributed by atoms with Crippen molar-refractivity contribution in [2.75, 3.05) is 6.54 Å². The first-order chi connectivity index (χ1) is 10.2. The molecule has 8 nitrogen and oxygen atoms in total. The fourth-order valence-electron chi connectivity index (χ4n) is 1.46. The van der Waals surface area contributed by atoms with Crippen LogP contribution in [0.4, 0.5) is 4.79 Å². The minimum atomic E-state index is -0.826. The zero-order chi connectivity index (χ0) is 17.2. The lowest BCUT2D eigenvalue weighted by atomic mass is 10.2. The Labute approximate surface area is 131 Å². The van der Waals surface area contributed by atoms with E-state index in [0.717, 1.165) is 12.8 Å².